The third kappa shape index (κ3) is 12.4. The van der Waals surface area contributed by atoms with Gasteiger partial charge in [-0.3, -0.25) is 40.1 Å². The second kappa shape index (κ2) is 22.7. The van der Waals surface area contributed by atoms with Gasteiger partial charge in [0.25, 0.3) is 22.6 Å². The molecule has 316 valence electrons. The molecule has 15 heteroatoms. The average Bonchev–Trinajstić information content (AvgIpc) is 3.31. The van der Waals surface area contributed by atoms with Gasteiger partial charge in [0.15, 0.2) is 18.9 Å². The Kier molecular flexibility index (Phi) is 16.6. The molecule has 13 nitrogen and oxygen atoms in total. The van der Waals surface area contributed by atoms with Gasteiger partial charge in [-0.2, -0.15) is 0 Å². The molecule has 6 aromatic carbocycles. The maximum atomic E-state index is 12.4. The maximum Gasteiger partial charge on any atom is 0.277 e. The van der Waals surface area contributed by atoms with Crippen LogP contribution < -0.4 is 22.5 Å². The molecule has 9 aromatic rings. The van der Waals surface area contributed by atoms with E-state index in [0.717, 1.165) is 22.9 Å². The highest BCUT2D eigenvalue weighted by molar-refractivity contribution is 6.17. The summed E-state index contributed by atoms with van der Waals surface area (Å²) in [6, 6.07) is 49.4. The van der Waals surface area contributed by atoms with Crippen molar-refractivity contribution in [2.24, 2.45) is 0 Å². The minimum atomic E-state index is -0.469. The summed E-state index contributed by atoms with van der Waals surface area (Å²) in [6.07, 6.45) is 8.58. The van der Waals surface area contributed by atoms with Crippen molar-refractivity contribution in [1.29, 1.82) is 0 Å². The number of alkyl halides is 1. The lowest BCUT2D eigenvalue weighted by atomic mass is 10.1. The molecule has 3 aromatic heterocycles. The van der Waals surface area contributed by atoms with E-state index >= 15 is 0 Å². The number of aromatic nitrogens is 3. The summed E-state index contributed by atoms with van der Waals surface area (Å²) in [4.78, 5) is 47.7. The number of nitrogens with zero attached hydrogens (tertiary/aromatic N) is 6. The average molecular weight is 882 g/mol. The van der Waals surface area contributed by atoms with Crippen LogP contribution in [0.2, 0.25) is 0 Å². The summed E-state index contributed by atoms with van der Waals surface area (Å²) in [7, 11) is 0. The van der Waals surface area contributed by atoms with Crippen LogP contribution in [-0.2, 0) is 19.0 Å². The lowest BCUT2D eigenvalue weighted by molar-refractivity contribution is -0.687. The van der Waals surface area contributed by atoms with Crippen LogP contribution in [0, 0.1) is 30.3 Å². The van der Waals surface area contributed by atoms with Crippen molar-refractivity contribution in [3.63, 3.8) is 0 Å². The molecule has 0 spiro atoms. The predicted molar refractivity (Wildman–Crippen MR) is 241 cm³/mol. The summed E-state index contributed by atoms with van der Waals surface area (Å²) in [5.41, 5.74) is 3.38. The van der Waals surface area contributed by atoms with Crippen LogP contribution >= 0.6 is 11.6 Å². The Morgan fingerprint density at radius 2 is 1.05 bits per heavy atom. The van der Waals surface area contributed by atoms with Crippen molar-refractivity contribution >= 4 is 61.0 Å². The van der Waals surface area contributed by atoms with Crippen LogP contribution in [0.5, 0.6) is 0 Å². The van der Waals surface area contributed by atoms with Crippen LogP contribution in [-0.4, -0.2) is 24.3 Å². The van der Waals surface area contributed by atoms with Crippen molar-refractivity contribution in [2.45, 2.75) is 19.0 Å². The first-order chi connectivity index (χ1) is 30.1. The van der Waals surface area contributed by atoms with Crippen molar-refractivity contribution in [1.82, 2.24) is 9.55 Å². The molecular formula is C48H38Cl2N6O7. The monoisotopic (exact) mass is 880 g/mol. The molecule has 3 heterocycles. The van der Waals surface area contributed by atoms with Gasteiger partial charge in [0.2, 0.25) is 0 Å². The van der Waals surface area contributed by atoms with E-state index in [2.05, 4.69) is 17.1 Å². The molecule has 0 aliphatic carbocycles. The molecule has 0 bridgehead atoms. The van der Waals surface area contributed by atoms with Gasteiger partial charge in [-0.05, 0) is 35.4 Å². The normalized spacial score (nSPS) is 10.2. The maximum absolute atomic E-state index is 12.4. The number of hydrogen-bond donors (Lipinski definition) is 0. The first-order valence-electron chi connectivity index (χ1n) is 19.1. The van der Waals surface area contributed by atoms with Gasteiger partial charge in [-0.25, -0.2) is 4.57 Å². The lowest BCUT2D eigenvalue weighted by Crippen LogP contribution is -3.00. The fourth-order valence-electron chi connectivity index (χ4n) is 6.51. The van der Waals surface area contributed by atoms with E-state index < -0.39 is 4.92 Å². The second-order valence-electron chi connectivity index (χ2n) is 13.6. The summed E-state index contributed by atoms with van der Waals surface area (Å²) in [6.45, 7) is 1.19. The summed E-state index contributed by atoms with van der Waals surface area (Å²) >= 11 is 5.53. The molecule has 0 atom stereocenters. The van der Waals surface area contributed by atoms with E-state index in [1.165, 1.54) is 35.4 Å². The highest BCUT2D eigenvalue weighted by Gasteiger charge is 2.15. The number of nitro benzene ring substituents is 3. The number of pyridine rings is 3. The van der Waals surface area contributed by atoms with Crippen LogP contribution in [0.25, 0.3) is 32.3 Å². The molecule has 0 amide bonds. The zero-order valence-electron chi connectivity index (χ0n) is 33.4. The van der Waals surface area contributed by atoms with Crippen molar-refractivity contribution in [2.75, 3.05) is 0 Å². The topological polar surface area (TPSA) is 168 Å². The molecule has 0 N–H and O–H groups in total. The molecule has 0 saturated heterocycles. The van der Waals surface area contributed by atoms with Crippen LogP contribution in [0.4, 0.5) is 17.1 Å². The van der Waals surface area contributed by atoms with Crippen molar-refractivity contribution in [3.8, 4) is 0 Å². The van der Waals surface area contributed by atoms with Gasteiger partial charge < -0.3 is 17.0 Å². The van der Waals surface area contributed by atoms with Gasteiger partial charge in [-0.1, -0.05) is 115 Å². The van der Waals surface area contributed by atoms with Gasteiger partial charge in [-0.15, -0.1) is 11.6 Å². The molecule has 0 aliphatic heterocycles. The first kappa shape index (κ1) is 46.2. The minimum Gasteiger partial charge on any atom is -1.00 e. The van der Waals surface area contributed by atoms with Crippen LogP contribution in [0.3, 0.4) is 0 Å². The highest BCUT2D eigenvalue weighted by Crippen LogP contribution is 2.25. The largest absolute Gasteiger partial charge is 1.00 e. The van der Waals surface area contributed by atoms with Gasteiger partial charge in [0.1, 0.15) is 0 Å². The van der Waals surface area contributed by atoms with Gasteiger partial charge in [0.05, 0.1) is 48.2 Å². The summed E-state index contributed by atoms with van der Waals surface area (Å²) < 4.78 is 3.59. The van der Waals surface area contributed by atoms with Crippen molar-refractivity contribution < 1.29 is 31.7 Å². The summed E-state index contributed by atoms with van der Waals surface area (Å²) in [5, 5.41) is 36.3. The molecule has 0 saturated carbocycles. The molecular weight excluding hydrogens is 843 g/mol. The van der Waals surface area contributed by atoms with Gasteiger partial charge >= 0.3 is 0 Å². The Morgan fingerprint density at radius 1 is 0.540 bits per heavy atom. The van der Waals surface area contributed by atoms with E-state index in [1.807, 2.05) is 102 Å². The highest BCUT2D eigenvalue weighted by atomic mass is 35.5. The lowest BCUT2D eigenvalue weighted by Gasteiger charge is -2.07. The fraction of sp³-hybridized carbons (Fsp3) is 0.0625. The number of non-ortho nitro benzene ring substituents is 3. The number of rotatable bonds is 8. The zero-order valence-corrected chi connectivity index (χ0v) is 34.9. The Bertz CT molecular complexity index is 3030. The predicted octanol–water partition coefficient (Wildman–Crippen LogP) is 7.61. The van der Waals surface area contributed by atoms with E-state index in [4.69, 9.17) is 11.6 Å². The summed E-state index contributed by atoms with van der Waals surface area (Å²) in [5.74, 6) is 0.612. The standard InChI is InChI=1S/C16H12N2O3.C16H13N2O2.C9H6N2O2.C7H7Cl.ClH/c19-16-14-7-4-8-15(18(20)21)13(14)9-10-17(16)11-12-5-2-1-3-6-12;19-18(20)16-8-4-7-14-12-17(10-9-15(14)16)11-13-5-2-1-3-6-13;12-11(13)9-3-1-2-7-6-10-5-4-8(7)9;8-6-7-4-2-1-3-5-7;/h1-10H,11H2;1-10,12H,11H2;1-6H;1-5H,6H2;1H/q;+1;;;/p-1. The molecule has 0 unspecified atom stereocenters. The number of fused-ring (bicyclic) bond motifs is 3. The molecule has 9 rings (SSSR count). The Labute approximate surface area is 372 Å². The molecule has 0 radical (unpaired) electrons. The second-order valence-corrected chi connectivity index (χ2v) is 13.9. The number of halogens is 2. The number of hydrogen-bond acceptors (Lipinski definition) is 8. The van der Waals surface area contributed by atoms with E-state index in [1.54, 1.807) is 65.6 Å². The fourth-order valence-corrected chi connectivity index (χ4v) is 6.68. The third-order valence-electron chi connectivity index (χ3n) is 9.50. The first-order valence-corrected chi connectivity index (χ1v) is 19.6. The van der Waals surface area contributed by atoms with Crippen LogP contribution in [0.1, 0.15) is 16.7 Å². The number of benzene rings is 6. The van der Waals surface area contributed by atoms with E-state index in [0.29, 0.717) is 34.0 Å². The Balaban J connectivity index is 0.000000166. The number of nitro groups is 3. The Morgan fingerprint density at radius 3 is 1.60 bits per heavy atom. The Hall–Kier alpha value is -7.87. The molecule has 0 aliphatic rings. The van der Waals surface area contributed by atoms with Crippen LogP contribution in [0.15, 0.2) is 200 Å². The van der Waals surface area contributed by atoms with Crippen molar-refractivity contribution in [3.05, 3.63) is 252 Å². The van der Waals surface area contributed by atoms with E-state index in [9.17, 15) is 35.1 Å². The smallest absolute Gasteiger partial charge is 0.277 e. The van der Waals surface area contributed by atoms with Gasteiger partial charge in [0, 0.05) is 59.7 Å². The van der Waals surface area contributed by atoms with E-state index in [-0.39, 0.29) is 44.9 Å². The SMILES string of the molecule is ClCc1ccccc1.O=[N+]([O-])c1cccc2c[n+](Cc3ccccc3)ccc12.O=[N+]([O-])c1cccc2cnccc12.O=c1c2cccc([N+](=O)[O-])c2ccn1Cc1ccccc1.[Cl-]. The quantitative estimate of drug-likeness (QED) is 0.0650. The molecule has 0 fully saturated rings. The zero-order chi connectivity index (χ0) is 43.8. The minimum absolute atomic E-state index is 0. The third-order valence-corrected chi connectivity index (χ3v) is 9.81. The molecule has 63 heavy (non-hydrogen) atoms.